The molecule has 0 unspecified atom stereocenters. The van der Waals surface area contributed by atoms with Crippen molar-refractivity contribution in [2.24, 2.45) is 17.8 Å². The van der Waals surface area contributed by atoms with Crippen molar-refractivity contribution in [2.75, 3.05) is 11.9 Å². The van der Waals surface area contributed by atoms with Crippen molar-refractivity contribution in [1.29, 1.82) is 0 Å². The molecule has 2 aliphatic carbocycles. The molecule has 2 saturated carbocycles. The van der Waals surface area contributed by atoms with Crippen molar-refractivity contribution in [3.05, 3.63) is 0 Å². The third-order valence-electron chi connectivity index (χ3n) is 5.03. The van der Waals surface area contributed by atoms with Gasteiger partial charge in [-0.25, -0.2) is 0 Å². The lowest BCUT2D eigenvalue weighted by atomic mass is 9.81. The van der Waals surface area contributed by atoms with Crippen molar-refractivity contribution in [2.45, 2.75) is 70.8 Å². The molecule has 0 amide bonds. The van der Waals surface area contributed by atoms with Crippen LogP contribution < -0.4 is 0 Å². The highest BCUT2D eigenvalue weighted by atomic mass is 79.9. The lowest BCUT2D eigenvalue weighted by molar-refractivity contribution is 0.0111. The van der Waals surface area contributed by atoms with Gasteiger partial charge in [-0.1, -0.05) is 48.5 Å². The molecule has 0 aliphatic heterocycles. The van der Waals surface area contributed by atoms with Crippen molar-refractivity contribution >= 4 is 15.9 Å². The Morgan fingerprint density at radius 2 is 1.50 bits per heavy atom. The van der Waals surface area contributed by atoms with Crippen LogP contribution in [0.2, 0.25) is 0 Å². The Morgan fingerprint density at radius 3 is 2.11 bits per heavy atom. The summed E-state index contributed by atoms with van der Waals surface area (Å²) in [5.74, 6) is 2.84. The van der Waals surface area contributed by atoms with E-state index in [1.54, 1.807) is 0 Å². The zero-order chi connectivity index (χ0) is 12.8. The second-order valence-corrected chi connectivity index (χ2v) is 7.23. The Labute approximate surface area is 121 Å². The van der Waals surface area contributed by atoms with Crippen LogP contribution in [0.1, 0.15) is 64.7 Å². The average molecular weight is 317 g/mol. The van der Waals surface area contributed by atoms with Gasteiger partial charge in [0.1, 0.15) is 0 Å². The number of hydrogen-bond acceptors (Lipinski definition) is 1. The predicted octanol–water partition coefficient (Wildman–Crippen LogP) is 5.17. The van der Waals surface area contributed by atoms with Crippen LogP contribution in [0.4, 0.5) is 0 Å². The van der Waals surface area contributed by atoms with Gasteiger partial charge in [0.2, 0.25) is 0 Å². The van der Waals surface area contributed by atoms with Gasteiger partial charge in [0.25, 0.3) is 0 Å². The monoisotopic (exact) mass is 316 g/mol. The normalized spacial score (nSPS) is 37.7. The third kappa shape index (κ3) is 4.85. The summed E-state index contributed by atoms with van der Waals surface area (Å²) in [5.41, 5.74) is 0. The summed E-state index contributed by atoms with van der Waals surface area (Å²) < 4.78 is 6.09. The molecule has 2 rings (SSSR count). The quantitative estimate of drug-likeness (QED) is 0.635. The van der Waals surface area contributed by atoms with E-state index in [0.717, 1.165) is 24.4 Å². The standard InChI is InChI=1S/C16H29BrO/c1-13-2-4-14(5-3-13)10-11-18-16-8-6-15(12-17)7-9-16/h13-16H,2-12H2,1H3. The molecule has 0 aromatic carbocycles. The van der Waals surface area contributed by atoms with Gasteiger partial charge in [0, 0.05) is 11.9 Å². The molecular formula is C16H29BrO. The maximum absolute atomic E-state index is 6.09. The largest absolute Gasteiger partial charge is 0.378 e. The number of ether oxygens (including phenoxy) is 1. The Bertz CT molecular complexity index is 215. The van der Waals surface area contributed by atoms with Crippen molar-refractivity contribution in [1.82, 2.24) is 0 Å². The maximum atomic E-state index is 6.09. The molecule has 1 nitrogen and oxygen atoms in total. The lowest BCUT2D eigenvalue weighted by Gasteiger charge is -2.29. The Morgan fingerprint density at radius 1 is 0.889 bits per heavy atom. The van der Waals surface area contributed by atoms with E-state index in [1.807, 2.05) is 0 Å². The van der Waals surface area contributed by atoms with Crippen LogP contribution in [-0.2, 0) is 4.74 Å². The van der Waals surface area contributed by atoms with Gasteiger partial charge in [-0.2, -0.15) is 0 Å². The molecule has 0 atom stereocenters. The maximum Gasteiger partial charge on any atom is 0.0575 e. The minimum atomic E-state index is 0.572. The number of rotatable bonds is 5. The summed E-state index contributed by atoms with van der Waals surface area (Å²) >= 11 is 3.60. The van der Waals surface area contributed by atoms with Gasteiger partial charge >= 0.3 is 0 Å². The van der Waals surface area contributed by atoms with Gasteiger partial charge < -0.3 is 4.74 Å². The number of alkyl halides is 1. The fourth-order valence-electron chi connectivity index (χ4n) is 3.47. The van der Waals surface area contributed by atoms with Crippen LogP contribution in [-0.4, -0.2) is 18.0 Å². The Kier molecular flexibility index (Phi) is 6.51. The summed E-state index contributed by atoms with van der Waals surface area (Å²) in [7, 11) is 0. The number of hydrogen-bond donors (Lipinski definition) is 0. The van der Waals surface area contributed by atoms with Crippen LogP contribution in [0.5, 0.6) is 0 Å². The van der Waals surface area contributed by atoms with Crippen LogP contribution >= 0.6 is 15.9 Å². The average Bonchev–Trinajstić information content (AvgIpc) is 2.42. The minimum Gasteiger partial charge on any atom is -0.378 e. The highest BCUT2D eigenvalue weighted by Crippen LogP contribution is 2.31. The summed E-state index contributed by atoms with van der Waals surface area (Å²) in [6.45, 7) is 3.41. The molecule has 0 bridgehead atoms. The predicted molar refractivity (Wildman–Crippen MR) is 81.2 cm³/mol. The molecule has 0 radical (unpaired) electrons. The first-order valence-corrected chi connectivity index (χ1v) is 9.07. The highest BCUT2D eigenvalue weighted by Gasteiger charge is 2.22. The smallest absolute Gasteiger partial charge is 0.0575 e. The molecule has 2 aliphatic rings. The molecule has 2 fully saturated rings. The van der Waals surface area contributed by atoms with Gasteiger partial charge in [-0.15, -0.1) is 0 Å². The van der Waals surface area contributed by atoms with E-state index in [9.17, 15) is 0 Å². The first kappa shape index (κ1) is 14.8. The van der Waals surface area contributed by atoms with Gasteiger partial charge in [-0.05, 0) is 49.9 Å². The van der Waals surface area contributed by atoms with Crippen molar-refractivity contribution in [3.63, 3.8) is 0 Å². The van der Waals surface area contributed by atoms with E-state index in [1.165, 1.54) is 63.1 Å². The fraction of sp³-hybridized carbons (Fsp3) is 1.00. The van der Waals surface area contributed by atoms with E-state index in [-0.39, 0.29) is 0 Å². The summed E-state index contributed by atoms with van der Waals surface area (Å²) in [4.78, 5) is 0. The van der Waals surface area contributed by atoms with Crippen molar-refractivity contribution in [3.8, 4) is 0 Å². The van der Waals surface area contributed by atoms with E-state index in [0.29, 0.717) is 6.10 Å². The Balaban J connectivity index is 1.53. The van der Waals surface area contributed by atoms with Crippen LogP contribution in [0.25, 0.3) is 0 Å². The van der Waals surface area contributed by atoms with E-state index in [2.05, 4.69) is 22.9 Å². The van der Waals surface area contributed by atoms with E-state index >= 15 is 0 Å². The molecule has 18 heavy (non-hydrogen) atoms. The zero-order valence-corrected chi connectivity index (χ0v) is 13.5. The fourth-order valence-corrected chi connectivity index (χ4v) is 4.12. The number of halogens is 1. The molecule has 0 heterocycles. The van der Waals surface area contributed by atoms with E-state index < -0.39 is 0 Å². The van der Waals surface area contributed by atoms with Crippen LogP contribution in [0.3, 0.4) is 0 Å². The van der Waals surface area contributed by atoms with Crippen LogP contribution in [0.15, 0.2) is 0 Å². The van der Waals surface area contributed by atoms with Gasteiger partial charge in [0.05, 0.1) is 6.10 Å². The second-order valence-electron chi connectivity index (χ2n) is 6.58. The third-order valence-corrected chi connectivity index (χ3v) is 5.94. The Hall–Kier alpha value is 0.440. The van der Waals surface area contributed by atoms with Gasteiger partial charge in [-0.3, -0.25) is 0 Å². The first-order valence-electron chi connectivity index (χ1n) is 7.95. The molecule has 0 aromatic rings. The zero-order valence-electron chi connectivity index (χ0n) is 11.9. The summed E-state index contributed by atoms with van der Waals surface area (Å²) in [5, 5.41) is 1.18. The van der Waals surface area contributed by atoms with Crippen LogP contribution in [0, 0.1) is 17.8 Å². The first-order chi connectivity index (χ1) is 8.78. The SMILES string of the molecule is CC1CCC(CCOC2CCC(CBr)CC2)CC1. The van der Waals surface area contributed by atoms with E-state index in [4.69, 9.17) is 4.74 Å². The molecule has 106 valence electrons. The molecule has 0 spiro atoms. The molecule has 0 N–H and O–H groups in total. The summed E-state index contributed by atoms with van der Waals surface area (Å²) in [6, 6.07) is 0. The minimum absolute atomic E-state index is 0.572. The molecule has 0 saturated heterocycles. The summed E-state index contributed by atoms with van der Waals surface area (Å²) in [6.07, 6.45) is 13.0. The second kappa shape index (κ2) is 7.89. The molecule has 2 heteroatoms. The topological polar surface area (TPSA) is 9.23 Å². The van der Waals surface area contributed by atoms with Gasteiger partial charge in [0.15, 0.2) is 0 Å². The molecule has 0 aromatic heterocycles. The molecular weight excluding hydrogens is 288 g/mol. The lowest BCUT2D eigenvalue weighted by Crippen LogP contribution is -2.23. The van der Waals surface area contributed by atoms with Crippen molar-refractivity contribution < 1.29 is 4.74 Å². The highest BCUT2D eigenvalue weighted by molar-refractivity contribution is 9.09.